The predicted molar refractivity (Wildman–Crippen MR) is 61.1 cm³/mol. The molecule has 0 aromatic carbocycles. The summed E-state index contributed by atoms with van der Waals surface area (Å²) in [5.74, 6) is 3.46. The largest absolute Gasteiger partial charge is 0.314 e. The molecule has 0 spiro atoms. The average molecular weight is 194 g/mol. The van der Waals surface area contributed by atoms with E-state index in [9.17, 15) is 0 Å². The minimum absolute atomic E-state index is 0.523. The molecule has 0 aliphatic carbocycles. The number of hydrogen-bond donors (Lipinski definition) is 1. The van der Waals surface area contributed by atoms with E-state index in [1.54, 1.807) is 0 Å². The van der Waals surface area contributed by atoms with Gasteiger partial charge in [0.05, 0.1) is 0 Å². The molecule has 0 radical (unpaired) electrons. The van der Waals surface area contributed by atoms with Gasteiger partial charge in [-0.15, -0.1) is 12.3 Å². The van der Waals surface area contributed by atoms with Crippen molar-refractivity contribution in [1.82, 2.24) is 10.2 Å². The van der Waals surface area contributed by atoms with Gasteiger partial charge >= 0.3 is 0 Å². The first-order chi connectivity index (χ1) is 6.66. The van der Waals surface area contributed by atoms with E-state index < -0.39 is 0 Å². The molecule has 1 saturated heterocycles. The summed E-state index contributed by atoms with van der Waals surface area (Å²) >= 11 is 0. The van der Waals surface area contributed by atoms with Gasteiger partial charge in [-0.3, -0.25) is 4.90 Å². The Morgan fingerprint density at radius 2 is 2.21 bits per heavy atom. The van der Waals surface area contributed by atoms with Gasteiger partial charge in [-0.05, 0) is 12.8 Å². The van der Waals surface area contributed by atoms with Crippen LogP contribution >= 0.6 is 0 Å². The van der Waals surface area contributed by atoms with Gasteiger partial charge in [0.25, 0.3) is 0 Å². The maximum Gasteiger partial charge on any atom is 0.0247 e. The van der Waals surface area contributed by atoms with Crippen molar-refractivity contribution in [2.75, 3.05) is 19.6 Å². The summed E-state index contributed by atoms with van der Waals surface area (Å²) < 4.78 is 0. The van der Waals surface area contributed by atoms with Crippen LogP contribution < -0.4 is 5.32 Å². The van der Waals surface area contributed by atoms with Crippen molar-refractivity contribution in [3.63, 3.8) is 0 Å². The van der Waals surface area contributed by atoms with E-state index in [2.05, 4.69) is 36.9 Å². The lowest BCUT2D eigenvalue weighted by Crippen LogP contribution is -2.56. The molecule has 1 N–H and O–H groups in total. The van der Waals surface area contributed by atoms with Crippen LogP contribution in [-0.2, 0) is 0 Å². The van der Waals surface area contributed by atoms with Crippen LogP contribution in [0.25, 0.3) is 0 Å². The number of nitrogens with zero attached hydrogens (tertiary/aromatic N) is 1. The average Bonchev–Trinajstić information content (AvgIpc) is 2.18. The summed E-state index contributed by atoms with van der Waals surface area (Å²) in [5.41, 5.74) is 0. The molecule has 14 heavy (non-hydrogen) atoms. The first-order valence-electron chi connectivity index (χ1n) is 5.56. The molecule has 1 fully saturated rings. The van der Waals surface area contributed by atoms with E-state index in [1.807, 2.05) is 0 Å². The molecule has 1 aliphatic heterocycles. The highest BCUT2D eigenvalue weighted by Gasteiger charge is 2.27. The van der Waals surface area contributed by atoms with Gasteiger partial charge in [-0.2, -0.15) is 0 Å². The fourth-order valence-electron chi connectivity index (χ4n) is 2.19. The molecule has 1 heterocycles. The zero-order valence-corrected chi connectivity index (χ0v) is 9.59. The normalized spacial score (nSPS) is 26.1. The lowest BCUT2D eigenvalue weighted by molar-refractivity contribution is 0.0865. The summed E-state index contributed by atoms with van der Waals surface area (Å²) in [6, 6.07) is 1.17. The third-order valence-corrected chi connectivity index (χ3v) is 3.08. The van der Waals surface area contributed by atoms with Crippen LogP contribution in [-0.4, -0.2) is 36.6 Å². The lowest BCUT2D eigenvalue weighted by atomic mass is 9.98. The van der Waals surface area contributed by atoms with E-state index in [-0.39, 0.29) is 0 Å². The van der Waals surface area contributed by atoms with E-state index >= 15 is 0 Å². The predicted octanol–water partition coefficient (Wildman–Crippen LogP) is 1.33. The summed E-state index contributed by atoms with van der Waals surface area (Å²) in [4.78, 5) is 2.56. The Morgan fingerprint density at radius 1 is 1.50 bits per heavy atom. The Labute approximate surface area is 88.1 Å². The second-order valence-electron chi connectivity index (χ2n) is 4.51. The number of hydrogen-bond acceptors (Lipinski definition) is 2. The molecule has 2 atom stereocenters. The fraction of sp³-hybridized carbons (Fsp3) is 0.833. The van der Waals surface area contributed by atoms with Crippen LogP contribution in [0, 0.1) is 18.3 Å². The van der Waals surface area contributed by atoms with E-state index in [0.717, 1.165) is 26.1 Å². The number of terminal acetylenes is 1. The highest BCUT2D eigenvalue weighted by atomic mass is 15.2. The molecule has 0 bridgehead atoms. The minimum Gasteiger partial charge on any atom is -0.314 e. The van der Waals surface area contributed by atoms with Crippen molar-refractivity contribution in [2.45, 2.75) is 39.3 Å². The van der Waals surface area contributed by atoms with Crippen molar-refractivity contribution in [2.24, 2.45) is 5.92 Å². The zero-order valence-electron chi connectivity index (χ0n) is 9.59. The van der Waals surface area contributed by atoms with Gasteiger partial charge in [0.2, 0.25) is 0 Å². The van der Waals surface area contributed by atoms with Gasteiger partial charge in [0.1, 0.15) is 0 Å². The summed E-state index contributed by atoms with van der Waals surface area (Å²) in [6.07, 6.45) is 6.23. The SMILES string of the molecule is C#CCC(C)N1CCNCC1C(C)C. The number of rotatable bonds is 3. The Kier molecular flexibility index (Phi) is 4.44. The highest BCUT2D eigenvalue weighted by Crippen LogP contribution is 2.17. The maximum atomic E-state index is 5.37. The molecular weight excluding hydrogens is 172 g/mol. The molecule has 0 aromatic rings. The van der Waals surface area contributed by atoms with Crippen LogP contribution in [0.2, 0.25) is 0 Å². The highest BCUT2D eigenvalue weighted by molar-refractivity contribution is 4.93. The molecule has 0 amide bonds. The second-order valence-corrected chi connectivity index (χ2v) is 4.51. The monoisotopic (exact) mass is 194 g/mol. The zero-order chi connectivity index (χ0) is 10.6. The molecule has 80 valence electrons. The summed E-state index contributed by atoms with van der Waals surface area (Å²) in [5, 5.41) is 3.45. The molecule has 2 unspecified atom stereocenters. The first-order valence-corrected chi connectivity index (χ1v) is 5.56. The maximum absolute atomic E-state index is 5.37. The summed E-state index contributed by atoms with van der Waals surface area (Å²) in [6.45, 7) is 10.1. The molecule has 2 heteroatoms. The third-order valence-electron chi connectivity index (χ3n) is 3.08. The van der Waals surface area contributed by atoms with Gasteiger partial charge in [-0.25, -0.2) is 0 Å². The van der Waals surface area contributed by atoms with E-state index in [4.69, 9.17) is 6.42 Å². The van der Waals surface area contributed by atoms with Gasteiger partial charge in [0.15, 0.2) is 0 Å². The van der Waals surface area contributed by atoms with Gasteiger partial charge in [-0.1, -0.05) is 13.8 Å². The van der Waals surface area contributed by atoms with Crippen molar-refractivity contribution in [3.8, 4) is 12.3 Å². The second kappa shape index (κ2) is 5.38. The molecule has 0 aromatic heterocycles. The third kappa shape index (κ3) is 2.73. The van der Waals surface area contributed by atoms with Crippen LogP contribution in [0.5, 0.6) is 0 Å². The Balaban J connectivity index is 2.58. The van der Waals surface area contributed by atoms with Crippen molar-refractivity contribution in [3.05, 3.63) is 0 Å². The van der Waals surface area contributed by atoms with Gasteiger partial charge < -0.3 is 5.32 Å². The molecule has 0 saturated carbocycles. The molecular formula is C12H22N2. The van der Waals surface area contributed by atoms with Crippen molar-refractivity contribution < 1.29 is 0 Å². The molecule has 1 aliphatic rings. The smallest absolute Gasteiger partial charge is 0.0247 e. The van der Waals surface area contributed by atoms with E-state index in [0.29, 0.717) is 18.0 Å². The fourth-order valence-corrected chi connectivity index (χ4v) is 2.19. The topological polar surface area (TPSA) is 15.3 Å². The quantitative estimate of drug-likeness (QED) is 0.682. The Hall–Kier alpha value is -0.520. The molecule has 2 nitrogen and oxygen atoms in total. The standard InChI is InChI=1S/C12H22N2/c1-5-6-11(4)14-8-7-13-9-12(14)10(2)3/h1,10-13H,6-9H2,2-4H3. The van der Waals surface area contributed by atoms with Crippen LogP contribution in [0.3, 0.4) is 0 Å². The van der Waals surface area contributed by atoms with Gasteiger partial charge in [0, 0.05) is 38.1 Å². The number of piperazine rings is 1. The minimum atomic E-state index is 0.523. The Morgan fingerprint density at radius 3 is 2.79 bits per heavy atom. The van der Waals surface area contributed by atoms with Crippen molar-refractivity contribution >= 4 is 0 Å². The first kappa shape index (κ1) is 11.6. The van der Waals surface area contributed by atoms with Crippen LogP contribution in [0.4, 0.5) is 0 Å². The Bertz CT molecular complexity index is 205. The lowest BCUT2D eigenvalue weighted by Gasteiger charge is -2.41. The summed E-state index contributed by atoms with van der Waals surface area (Å²) in [7, 11) is 0. The van der Waals surface area contributed by atoms with Crippen LogP contribution in [0.1, 0.15) is 27.2 Å². The number of nitrogens with one attached hydrogen (secondary N) is 1. The van der Waals surface area contributed by atoms with Crippen LogP contribution in [0.15, 0.2) is 0 Å². The van der Waals surface area contributed by atoms with E-state index in [1.165, 1.54) is 0 Å². The van der Waals surface area contributed by atoms with Crippen molar-refractivity contribution in [1.29, 1.82) is 0 Å². The molecule has 1 rings (SSSR count).